The Morgan fingerprint density at radius 3 is 2.39 bits per heavy atom. The van der Waals surface area contributed by atoms with Crippen molar-refractivity contribution in [3.8, 4) is 6.07 Å². The molecule has 0 radical (unpaired) electrons. The molecule has 0 N–H and O–H groups in total. The lowest BCUT2D eigenvalue weighted by atomic mass is 9.88. The van der Waals surface area contributed by atoms with Gasteiger partial charge in [-0.25, -0.2) is 0 Å². The van der Waals surface area contributed by atoms with E-state index in [1.807, 2.05) is 50.2 Å². The highest BCUT2D eigenvalue weighted by atomic mass is 16.1. The third-order valence-electron chi connectivity index (χ3n) is 3.12. The van der Waals surface area contributed by atoms with E-state index in [-0.39, 0.29) is 11.7 Å². The molecule has 2 aromatic carbocycles. The average molecular weight is 237 g/mol. The van der Waals surface area contributed by atoms with Crippen molar-refractivity contribution in [3.05, 3.63) is 48.0 Å². The molecule has 0 saturated carbocycles. The van der Waals surface area contributed by atoms with E-state index >= 15 is 0 Å². The first kappa shape index (κ1) is 12.3. The van der Waals surface area contributed by atoms with Crippen molar-refractivity contribution in [1.82, 2.24) is 0 Å². The molecular formula is C16H15NO. The van der Waals surface area contributed by atoms with Gasteiger partial charge in [0.05, 0.1) is 6.07 Å². The minimum absolute atomic E-state index is 0.0361. The van der Waals surface area contributed by atoms with Crippen LogP contribution in [0.4, 0.5) is 0 Å². The molecule has 0 spiro atoms. The van der Waals surface area contributed by atoms with Crippen LogP contribution in [0.2, 0.25) is 0 Å². The maximum absolute atomic E-state index is 12.2. The lowest BCUT2D eigenvalue weighted by molar-refractivity contribution is 0.0924. The van der Waals surface area contributed by atoms with Crippen LogP contribution >= 0.6 is 0 Å². The van der Waals surface area contributed by atoms with Crippen LogP contribution in [-0.2, 0) is 0 Å². The summed E-state index contributed by atoms with van der Waals surface area (Å²) in [6.07, 6.45) is 0. The third-order valence-corrected chi connectivity index (χ3v) is 3.12. The number of carbonyl (C=O) groups is 1. The van der Waals surface area contributed by atoms with Crippen molar-refractivity contribution in [3.63, 3.8) is 0 Å². The topological polar surface area (TPSA) is 40.9 Å². The Morgan fingerprint density at radius 1 is 1.11 bits per heavy atom. The summed E-state index contributed by atoms with van der Waals surface area (Å²) in [6.45, 7) is 3.79. The minimum Gasteiger partial charge on any atom is -0.293 e. The second kappa shape index (κ2) is 5.01. The molecule has 2 heteroatoms. The van der Waals surface area contributed by atoms with E-state index in [1.165, 1.54) is 0 Å². The largest absolute Gasteiger partial charge is 0.293 e. The molecule has 0 aromatic heterocycles. The fourth-order valence-electron chi connectivity index (χ4n) is 2.03. The second-order valence-corrected chi connectivity index (χ2v) is 4.78. The first-order valence-corrected chi connectivity index (χ1v) is 6.06. The molecule has 2 rings (SSSR count). The number of fused-ring (bicyclic) bond motifs is 1. The normalized spacial score (nSPS) is 12.3. The van der Waals surface area contributed by atoms with Gasteiger partial charge < -0.3 is 0 Å². The van der Waals surface area contributed by atoms with Crippen LogP contribution in [-0.4, -0.2) is 5.78 Å². The number of hydrogen-bond donors (Lipinski definition) is 0. The van der Waals surface area contributed by atoms with Crippen molar-refractivity contribution < 1.29 is 4.79 Å². The Bertz CT molecular complexity index is 622. The molecule has 0 aliphatic heterocycles. The van der Waals surface area contributed by atoms with E-state index < -0.39 is 5.92 Å². The summed E-state index contributed by atoms with van der Waals surface area (Å²) < 4.78 is 0. The number of Topliss-reactive ketones (excluding diaryl/α,β-unsaturated/α-hetero) is 1. The number of rotatable bonds is 3. The highest BCUT2D eigenvalue weighted by Gasteiger charge is 2.22. The molecule has 0 aliphatic rings. The van der Waals surface area contributed by atoms with E-state index in [1.54, 1.807) is 6.07 Å². The van der Waals surface area contributed by atoms with Gasteiger partial charge in [-0.05, 0) is 22.8 Å². The predicted octanol–water partition coefficient (Wildman–Crippen LogP) is 3.82. The summed E-state index contributed by atoms with van der Waals surface area (Å²) in [6, 6.07) is 15.6. The summed E-state index contributed by atoms with van der Waals surface area (Å²) in [5.41, 5.74) is 0.619. The fourth-order valence-corrected chi connectivity index (χ4v) is 2.03. The standard InChI is InChI=1S/C16H15NO/c1-11(2)15(10-17)16(18)14-8-7-12-5-3-4-6-13(12)9-14/h3-9,11,15H,1-2H3. The van der Waals surface area contributed by atoms with Crippen LogP contribution in [0, 0.1) is 23.2 Å². The van der Waals surface area contributed by atoms with E-state index in [0.717, 1.165) is 10.8 Å². The first-order valence-electron chi connectivity index (χ1n) is 6.06. The Kier molecular flexibility index (Phi) is 3.43. The summed E-state index contributed by atoms with van der Waals surface area (Å²) in [5, 5.41) is 11.2. The number of carbonyl (C=O) groups excluding carboxylic acids is 1. The summed E-state index contributed by atoms with van der Waals surface area (Å²) >= 11 is 0. The molecule has 0 aliphatic carbocycles. The monoisotopic (exact) mass is 237 g/mol. The molecule has 90 valence electrons. The maximum atomic E-state index is 12.2. The molecular weight excluding hydrogens is 222 g/mol. The van der Waals surface area contributed by atoms with Gasteiger partial charge in [-0.2, -0.15) is 5.26 Å². The zero-order valence-electron chi connectivity index (χ0n) is 10.6. The van der Waals surface area contributed by atoms with Gasteiger partial charge in [0, 0.05) is 5.56 Å². The number of ketones is 1. The van der Waals surface area contributed by atoms with Crippen LogP contribution in [0.3, 0.4) is 0 Å². The van der Waals surface area contributed by atoms with E-state index in [0.29, 0.717) is 5.56 Å². The molecule has 2 nitrogen and oxygen atoms in total. The molecule has 0 saturated heterocycles. The zero-order valence-corrected chi connectivity index (χ0v) is 10.6. The summed E-state index contributed by atoms with van der Waals surface area (Å²) in [7, 11) is 0. The van der Waals surface area contributed by atoms with Gasteiger partial charge in [-0.15, -0.1) is 0 Å². The third kappa shape index (κ3) is 2.26. The molecule has 2 aromatic rings. The van der Waals surface area contributed by atoms with Crippen LogP contribution in [0.1, 0.15) is 24.2 Å². The van der Waals surface area contributed by atoms with E-state index in [2.05, 4.69) is 6.07 Å². The van der Waals surface area contributed by atoms with Gasteiger partial charge in [0.1, 0.15) is 5.92 Å². The highest BCUT2D eigenvalue weighted by Crippen LogP contribution is 2.21. The van der Waals surface area contributed by atoms with Gasteiger partial charge in [0.15, 0.2) is 5.78 Å². The first-order chi connectivity index (χ1) is 8.63. The molecule has 18 heavy (non-hydrogen) atoms. The second-order valence-electron chi connectivity index (χ2n) is 4.78. The lowest BCUT2D eigenvalue weighted by Gasteiger charge is -2.12. The lowest BCUT2D eigenvalue weighted by Crippen LogP contribution is -2.18. The molecule has 1 unspecified atom stereocenters. The summed E-state index contributed by atoms with van der Waals surface area (Å²) in [5.74, 6) is -0.613. The SMILES string of the molecule is CC(C)C(C#N)C(=O)c1ccc2ccccc2c1. The Labute approximate surface area is 107 Å². The van der Waals surface area contributed by atoms with Gasteiger partial charge in [-0.1, -0.05) is 50.2 Å². The van der Waals surface area contributed by atoms with Crippen LogP contribution in [0.25, 0.3) is 10.8 Å². The summed E-state index contributed by atoms with van der Waals surface area (Å²) in [4.78, 5) is 12.2. The molecule has 0 amide bonds. The maximum Gasteiger partial charge on any atom is 0.180 e. The van der Waals surface area contributed by atoms with Crippen LogP contribution in [0.5, 0.6) is 0 Å². The van der Waals surface area contributed by atoms with Crippen molar-refractivity contribution in [2.45, 2.75) is 13.8 Å². The highest BCUT2D eigenvalue weighted by molar-refractivity contribution is 6.02. The number of nitriles is 1. The van der Waals surface area contributed by atoms with Crippen molar-refractivity contribution >= 4 is 16.6 Å². The predicted molar refractivity (Wildman–Crippen MR) is 72.2 cm³/mol. The van der Waals surface area contributed by atoms with E-state index in [4.69, 9.17) is 5.26 Å². The Morgan fingerprint density at radius 2 is 1.78 bits per heavy atom. The van der Waals surface area contributed by atoms with Gasteiger partial charge in [-0.3, -0.25) is 4.79 Å². The molecule has 0 heterocycles. The van der Waals surface area contributed by atoms with Gasteiger partial charge >= 0.3 is 0 Å². The quantitative estimate of drug-likeness (QED) is 0.761. The number of hydrogen-bond acceptors (Lipinski definition) is 2. The number of benzene rings is 2. The Balaban J connectivity index is 2.43. The zero-order chi connectivity index (χ0) is 13.1. The molecule has 0 bridgehead atoms. The van der Waals surface area contributed by atoms with Gasteiger partial charge in [0.2, 0.25) is 0 Å². The van der Waals surface area contributed by atoms with Gasteiger partial charge in [0.25, 0.3) is 0 Å². The van der Waals surface area contributed by atoms with Crippen LogP contribution < -0.4 is 0 Å². The fraction of sp³-hybridized carbons (Fsp3) is 0.250. The van der Waals surface area contributed by atoms with E-state index in [9.17, 15) is 4.79 Å². The van der Waals surface area contributed by atoms with Crippen molar-refractivity contribution in [1.29, 1.82) is 5.26 Å². The number of nitrogens with zero attached hydrogens (tertiary/aromatic N) is 1. The Hall–Kier alpha value is -2.14. The van der Waals surface area contributed by atoms with Crippen molar-refractivity contribution in [2.75, 3.05) is 0 Å². The van der Waals surface area contributed by atoms with Crippen molar-refractivity contribution in [2.24, 2.45) is 11.8 Å². The average Bonchev–Trinajstić information content (AvgIpc) is 2.38. The molecule has 0 fully saturated rings. The van der Waals surface area contributed by atoms with Crippen LogP contribution in [0.15, 0.2) is 42.5 Å². The smallest absolute Gasteiger partial charge is 0.180 e. The molecule has 1 atom stereocenters. The minimum atomic E-state index is -0.564.